The Labute approximate surface area is 108 Å². The third kappa shape index (κ3) is 4.87. The SMILES string of the molecule is CCOC(=O)CC(=O)CCCN1OC(C)=CC1C. The molecule has 1 unspecified atom stereocenters. The summed E-state index contributed by atoms with van der Waals surface area (Å²) in [6, 6.07) is 0.241. The molecule has 0 fully saturated rings. The van der Waals surface area contributed by atoms with Crippen LogP contribution >= 0.6 is 0 Å². The van der Waals surface area contributed by atoms with Gasteiger partial charge in [-0.15, -0.1) is 5.06 Å². The highest BCUT2D eigenvalue weighted by molar-refractivity contribution is 5.95. The van der Waals surface area contributed by atoms with Crippen molar-refractivity contribution in [1.82, 2.24) is 5.06 Å². The summed E-state index contributed by atoms with van der Waals surface area (Å²) in [4.78, 5) is 28.0. The summed E-state index contributed by atoms with van der Waals surface area (Å²) < 4.78 is 4.72. The lowest BCUT2D eigenvalue weighted by molar-refractivity contribution is -0.145. The second kappa shape index (κ2) is 7.16. The van der Waals surface area contributed by atoms with Crippen LogP contribution in [0.4, 0.5) is 0 Å². The number of carbonyl (C=O) groups excluding carboxylic acids is 2. The van der Waals surface area contributed by atoms with Crippen molar-refractivity contribution in [2.24, 2.45) is 0 Å². The molecule has 0 spiro atoms. The minimum absolute atomic E-state index is 0.0787. The Morgan fingerprint density at radius 1 is 1.50 bits per heavy atom. The van der Waals surface area contributed by atoms with E-state index in [2.05, 4.69) is 0 Å². The standard InChI is InChI=1S/C13H21NO4/c1-4-17-13(16)9-12(15)6-5-7-14-10(2)8-11(3)18-14/h8,10H,4-7,9H2,1-3H3. The van der Waals surface area contributed by atoms with Crippen LogP contribution in [0.15, 0.2) is 11.8 Å². The highest BCUT2D eigenvalue weighted by Crippen LogP contribution is 2.17. The number of ether oxygens (including phenoxy) is 1. The van der Waals surface area contributed by atoms with Gasteiger partial charge in [0.15, 0.2) is 0 Å². The molecule has 5 nitrogen and oxygen atoms in total. The molecule has 102 valence electrons. The Hall–Kier alpha value is -1.36. The zero-order valence-electron chi connectivity index (χ0n) is 11.3. The third-order valence-corrected chi connectivity index (χ3v) is 2.67. The van der Waals surface area contributed by atoms with Crippen LogP contribution in [0.5, 0.6) is 0 Å². The minimum Gasteiger partial charge on any atom is -0.466 e. The summed E-state index contributed by atoms with van der Waals surface area (Å²) >= 11 is 0. The van der Waals surface area contributed by atoms with Gasteiger partial charge in [0.2, 0.25) is 0 Å². The average molecular weight is 255 g/mol. The predicted octanol–water partition coefficient (Wildman–Crippen LogP) is 1.83. The molecule has 0 aromatic heterocycles. The van der Waals surface area contributed by atoms with Crippen molar-refractivity contribution >= 4 is 11.8 Å². The number of allylic oxidation sites excluding steroid dienone is 1. The highest BCUT2D eigenvalue weighted by atomic mass is 16.7. The van der Waals surface area contributed by atoms with E-state index in [0.29, 0.717) is 26.0 Å². The van der Waals surface area contributed by atoms with E-state index in [1.807, 2.05) is 25.0 Å². The van der Waals surface area contributed by atoms with E-state index in [4.69, 9.17) is 9.57 Å². The number of hydroxylamine groups is 2. The molecule has 18 heavy (non-hydrogen) atoms. The topological polar surface area (TPSA) is 55.8 Å². The molecule has 0 N–H and O–H groups in total. The van der Waals surface area contributed by atoms with Crippen LogP contribution in [0.1, 0.15) is 40.0 Å². The van der Waals surface area contributed by atoms with E-state index in [9.17, 15) is 9.59 Å². The number of carbonyl (C=O) groups is 2. The van der Waals surface area contributed by atoms with Crippen LogP contribution in [0.25, 0.3) is 0 Å². The van der Waals surface area contributed by atoms with Crippen LogP contribution in [0, 0.1) is 0 Å². The van der Waals surface area contributed by atoms with Crippen molar-refractivity contribution in [1.29, 1.82) is 0 Å². The first-order chi connectivity index (χ1) is 8.52. The minimum atomic E-state index is -0.439. The van der Waals surface area contributed by atoms with Crippen LogP contribution < -0.4 is 0 Å². The second-order valence-electron chi connectivity index (χ2n) is 4.37. The number of esters is 1. The maximum Gasteiger partial charge on any atom is 0.313 e. The zero-order chi connectivity index (χ0) is 13.5. The molecule has 1 rings (SSSR count). The molecule has 0 saturated carbocycles. The van der Waals surface area contributed by atoms with Gasteiger partial charge >= 0.3 is 5.97 Å². The number of rotatable bonds is 7. The Kier molecular flexibility index (Phi) is 5.85. The van der Waals surface area contributed by atoms with Gasteiger partial charge in [0.1, 0.15) is 18.0 Å². The number of ketones is 1. The molecule has 0 saturated heterocycles. The van der Waals surface area contributed by atoms with Crippen molar-refractivity contribution in [3.63, 3.8) is 0 Å². The van der Waals surface area contributed by atoms with E-state index in [1.54, 1.807) is 6.92 Å². The number of Topliss-reactive ketones (excluding diaryl/α,β-unsaturated/α-hetero) is 1. The van der Waals surface area contributed by atoms with Crippen LogP contribution in [0.3, 0.4) is 0 Å². The molecule has 0 aliphatic carbocycles. The Morgan fingerprint density at radius 2 is 2.22 bits per heavy atom. The monoisotopic (exact) mass is 255 g/mol. The third-order valence-electron chi connectivity index (χ3n) is 2.67. The second-order valence-corrected chi connectivity index (χ2v) is 4.37. The summed E-state index contributed by atoms with van der Waals surface area (Å²) in [5.74, 6) is 0.371. The molecule has 0 bridgehead atoms. The molecule has 5 heteroatoms. The van der Waals surface area contributed by atoms with Gasteiger partial charge in [-0.1, -0.05) is 0 Å². The summed E-state index contributed by atoms with van der Waals surface area (Å²) in [6.07, 6.45) is 2.97. The lowest BCUT2D eigenvalue weighted by Gasteiger charge is -2.19. The van der Waals surface area contributed by atoms with Gasteiger partial charge in [0.05, 0.1) is 12.6 Å². The molecule has 1 aliphatic heterocycles. The molecule has 1 aliphatic rings. The molecule has 0 amide bonds. The van der Waals surface area contributed by atoms with Crippen molar-refractivity contribution in [3.05, 3.63) is 11.8 Å². The molecule has 0 radical (unpaired) electrons. The van der Waals surface area contributed by atoms with Gasteiger partial charge < -0.3 is 9.57 Å². The van der Waals surface area contributed by atoms with Gasteiger partial charge in [-0.3, -0.25) is 9.59 Å². The van der Waals surface area contributed by atoms with Crippen LogP contribution in [-0.4, -0.2) is 36.0 Å². The fraction of sp³-hybridized carbons (Fsp3) is 0.692. The Morgan fingerprint density at radius 3 is 2.78 bits per heavy atom. The van der Waals surface area contributed by atoms with E-state index < -0.39 is 5.97 Å². The van der Waals surface area contributed by atoms with Gasteiger partial charge in [-0.25, -0.2) is 0 Å². The first-order valence-corrected chi connectivity index (χ1v) is 6.33. The maximum absolute atomic E-state index is 11.5. The summed E-state index contributed by atoms with van der Waals surface area (Å²) in [6.45, 7) is 6.67. The van der Waals surface area contributed by atoms with Gasteiger partial charge in [-0.05, 0) is 33.3 Å². The normalized spacial score (nSPS) is 19.3. The fourth-order valence-corrected chi connectivity index (χ4v) is 1.86. The Balaban J connectivity index is 2.15. The molecular weight excluding hydrogens is 234 g/mol. The van der Waals surface area contributed by atoms with E-state index in [0.717, 1.165) is 5.76 Å². The van der Waals surface area contributed by atoms with Crippen LogP contribution in [0.2, 0.25) is 0 Å². The largest absolute Gasteiger partial charge is 0.466 e. The average Bonchev–Trinajstić information content (AvgIpc) is 2.57. The predicted molar refractivity (Wildman–Crippen MR) is 66.5 cm³/mol. The van der Waals surface area contributed by atoms with Crippen molar-refractivity contribution in [2.45, 2.75) is 46.1 Å². The number of hydrogen-bond donors (Lipinski definition) is 0. The van der Waals surface area contributed by atoms with Crippen molar-refractivity contribution in [3.8, 4) is 0 Å². The van der Waals surface area contributed by atoms with E-state index in [1.165, 1.54) is 0 Å². The smallest absolute Gasteiger partial charge is 0.313 e. The van der Waals surface area contributed by atoms with Crippen LogP contribution in [-0.2, 0) is 19.2 Å². The number of hydrogen-bond acceptors (Lipinski definition) is 5. The summed E-state index contributed by atoms with van der Waals surface area (Å²) in [5.41, 5.74) is 0. The van der Waals surface area contributed by atoms with Gasteiger partial charge in [-0.2, -0.15) is 0 Å². The highest BCUT2D eigenvalue weighted by Gasteiger charge is 2.20. The van der Waals surface area contributed by atoms with Crippen molar-refractivity contribution in [2.75, 3.05) is 13.2 Å². The quantitative estimate of drug-likeness (QED) is 0.513. The molecule has 1 heterocycles. The summed E-state index contributed by atoms with van der Waals surface area (Å²) in [7, 11) is 0. The Bertz CT molecular complexity index is 338. The molecule has 0 aromatic carbocycles. The molecular formula is C13H21NO4. The van der Waals surface area contributed by atoms with Crippen molar-refractivity contribution < 1.29 is 19.2 Å². The van der Waals surface area contributed by atoms with Gasteiger partial charge in [0.25, 0.3) is 0 Å². The zero-order valence-corrected chi connectivity index (χ0v) is 11.3. The van der Waals surface area contributed by atoms with Gasteiger partial charge in [0, 0.05) is 13.0 Å². The van der Waals surface area contributed by atoms with E-state index in [-0.39, 0.29) is 18.2 Å². The lowest BCUT2D eigenvalue weighted by Crippen LogP contribution is -2.27. The molecule has 1 atom stereocenters. The first kappa shape index (κ1) is 14.7. The fourth-order valence-electron chi connectivity index (χ4n) is 1.86. The van der Waals surface area contributed by atoms with E-state index >= 15 is 0 Å². The summed E-state index contributed by atoms with van der Waals surface area (Å²) in [5, 5.41) is 1.84. The maximum atomic E-state index is 11.5. The lowest BCUT2D eigenvalue weighted by atomic mass is 10.1. The number of nitrogens with zero attached hydrogens (tertiary/aromatic N) is 1. The molecule has 0 aromatic rings. The first-order valence-electron chi connectivity index (χ1n) is 6.33.